The second-order valence-electron chi connectivity index (χ2n) is 5.78. The lowest BCUT2D eigenvalue weighted by atomic mass is 9.68. The van der Waals surface area contributed by atoms with Crippen LogP contribution in [0.25, 0.3) is 0 Å². The van der Waals surface area contributed by atoms with Crippen LogP contribution in [0, 0.1) is 17.8 Å². The summed E-state index contributed by atoms with van der Waals surface area (Å²) >= 11 is 0. The van der Waals surface area contributed by atoms with Crippen molar-refractivity contribution >= 4 is 0 Å². The molecular formula is C14H28O. The Morgan fingerprint density at radius 3 is 2.33 bits per heavy atom. The topological polar surface area (TPSA) is 20.2 Å². The van der Waals surface area contributed by atoms with Crippen LogP contribution in [0.5, 0.6) is 0 Å². The zero-order valence-corrected chi connectivity index (χ0v) is 10.9. The van der Waals surface area contributed by atoms with Crippen LogP contribution in [0.2, 0.25) is 0 Å². The highest BCUT2D eigenvalue weighted by atomic mass is 16.3. The maximum absolute atomic E-state index is 10.7. The molecule has 0 saturated heterocycles. The molecule has 3 atom stereocenters. The Bertz CT molecular complexity index is 186. The van der Waals surface area contributed by atoms with E-state index < -0.39 is 0 Å². The fourth-order valence-corrected chi connectivity index (χ4v) is 3.07. The number of rotatable bonds is 4. The molecule has 0 aliphatic heterocycles. The third-order valence-electron chi connectivity index (χ3n) is 4.51. The SMILES string of the molecule is CCC(CC)CC1(O)CC(C)CCC1C. The molecule has 1 aliphatic carbocycles. The molecule has 3 unspecified atom stereocenters. The van der Waals surface area contributed by atoms with Crippen LogP contribution in [-0.4, -0.2) is 10.7 Å². The predicted molar refractivity (Wildman–Crippen MR) is 65.8 cm³/mol. The second kappa shape index (κ2) is 5.34. The highest BCUT2D eigenvalue weighted by molar-refractivity contribution is 4.91. The summed E-state index contributed by atoms with van der Waals surface area (Å²) in [5.41, 5.74) is -0.367. The zero-order chi connectivity index (χ0) is 11.5. The predicted octanol–water partition coefficient (Wildman–Crippen LogP) is 4.00. The smallest absolute Gasteiger partial charge is 0.0678 e. The van der Waals surface area contributed by atoms with Crippen LogP contribution in [0.1, 0.15) is 66.2 Å². The van der Waals surface area contributed by atoms with Crippen LogP contribution in [0.15, 0.2) is 0 Å². The first kappa shape index (κ1) is 13.0. The summed E-state index contributed by atoms with van der Waals surface area (Å²) < 4.78 is 0. The zero-order valence-electron chi connectivity index (χ0n) is 10.9. The average Bonchev–Trinajstić information content (AvgIpc) is 2.21. The van der Waals surface area contributed by atoms with Crippen LogP contribution >= 0.6 is 0 Å². The number of aliphatic hydroxyl groups is 1. The minimum Gasteiger partial charge on any atom is -0.390 e. The quantitative estimate of drug-likeness (QED) is 0.747. The van der Waals surface area contributed by atoms with E-state index >= 15 is 0 Å². The Balaban J connectivity index is 2.61. The molecule has 0 aromatic heterocycles. The highest BCUT2D eigenvalue weighted by Crippen LogP contribution is 2.41. The fraction of sp³-hybridized carbons (Fsp3) is 1.00. The standard InChI is InChI=1S/C14H28O/c1-5-13(6-2)10-14(15)9-11(3)7-8-12(14)4/h11-13,15H,5-10H2,1-4H3. The van der Waals surface area contributed by atoms with Crippen molar-refractivity contribution in [1.29, 1.82) is 0 Å². The van der Waals surface area contributed by atoms with Gasteiger partial charge in [0.1, 0.15) is 0 Å². The van der Waals surface area contributed by atoms with Crippen molar-refractivity contribution in [2.24, 2.45) is 17.8 Å². The van der Waals surface area contributed by atoms with E-state index in [0.29, 0.717) is 17.8 Å². The normalized spacial score (nSPS) is 37.2. The summed E-state index contributed by atoms with van der Waals surface area (Å²) in [5.74, 6) is 1.91. The Morgan fingerprint density at radius 2 is 1.80 bits per heavy atom. The molecule has 0 aromatic rings. The maximum atomic E-state index is 10.7. The molecule has 1 heteroatoms. The van der Waals surface area contributed by atoms with Gasteiger partial charge in [-0.3, -0.25) is 0 Å². The first-order valence-corrected chi connectivity index (χ1v) is 6.74. The molecule has 0 heterocycles. The van der Waals surface area contributed by atoms with Gasteiger partial charge in [0.15, 0.2) is 0 Å². The monoisotopic (exact) mass is 212 g/mol. The molecule has 0 amide bonds. The van der Waals surface area contributed by atoms with Gasteiger partial charge in [-0.1, -0.05) is 47.0 Å². The summed E-state index contributed by atoms with van der Waals surface area (Å²) in [6, 6.07) is 0. The molecule has 0 radical (unpaired) electrons. The van der Waals surface area contributed by atoms with Gasteiger partial charge in [-0.25, -0.2) is 0 Å². The molecule has 15 heavy (non-hydrogen) atoms. The molecule has 1 aliphatic rings. The fourth-order valence-electron chi connectivity index (χ4n) is 3.07. The van der Waals surface area contributed by atoms with E-state index in [9.17, 15) is 5.11 Å². The third kappa shape index (κ3) is 3.21. The van der Waals surface area contributed by atoms with Gasteiger partial charge in [0.25, 0.3) is 0 Å². The molecular weight excluding hydrogens is 184 g/mol. The van der Waals surface area contributed by atoms with E-state index in [4.69, 9.17) is 0 Å². The van der Waals surface area contributed by atoms with Crippen molar-refractivity contribution in [3.63, 3.8) is 0 Å². The molecule has 0 aromatic carbocycles. The lowest BCUT2D eigenvalue weighted by Gasteiger charge is -2.43. The van der Waals surface area contributed by atoms with Crippen LogP contribution in [0.4, 0.5) is 0 Å². The average molecular weight is 212 g/mol. The van der Waals surface area contributed by atoms with Crippen molar-refractivity contribution < 1.29 is 5.11 Å². The first-order chi connectivity index (χ1) is 7.01. The van der Waals surface area contributed by atoms with Gasteiger partial charge in [0, 0.05) is 0 Å². The van der Waals surface area contributed by atoms with Gasteiger partial charge >= 0.3 is 0 Å². The molecule has 1 rings (SSSR count). The molecule has 90 valence electrons. The summed E-state index contributed by atoms with van der Waals surface area (Å²) in [6.07, 6.45) is 6.96. The first-order valence-electron chi connectivity index (χ1n) is 6.74. The van der Waals surface area contributed by atoms with E-state index in [-0.39, 0.29) is 5.60 Å². The molecule has 1 saturated carbocycles. The Labute approximate surface area is 95.3 Å². The van der Waals surface area contributed by atoms with Crippen molar-refractivity contribution in [2.75, 3.05) is 0 Å². The minimum absolute atomic E-state index is 0.367. The summed E-state index contributed by atoms with van der Waals surface area (Å²) in [5, 5.41) is 10.7. The summed E-state index contributed by atoms with van der Waals surface area (Å²) in [7, 11) is 0. The van der Waals surface area contributed by atoms with Gasteiger partial charge in [0.05, 0.1) is 5.60 Å². The Kier molecular flexibility index (Phi) is 4.64. The Hall–Kier alpha value is -0.0400. The highest BCUT2D eigenvalue weighted by Gasteiger charge is 2.39. The van der Waals surface area contributed by atoms with Gasteiger partial charge in [0.2, 0.25) is 0 Å². The van der Waals surface area contributed by atoms with E-state index in [2.05, 4.69) is 27.7 Å². The number of hydrogen-bond acceptors (Lipinski definition) is 1. The molecule has 1 nitrogen and oxygen atoms in total. The van der Waals surface area contributed by atoms with E-state index in [1.807, 2.05) is 0 Å². The lowest BCUT2D eigenvalue weighted by Crippen LogP contribution is -2.43. The van der Waals surface area contributed by atoms with Crippen LogP contribution in [-0.2, 0) is 0 Å². The van der Waals surface area contributed by atoms with E-state index in [1.165, 1.54) is 25.7 Å². The van der Waals surface area contributed by atoms with Crippen LogP contribution in [0.3, 0.4) is 0 Å². The number of hydrogen-bond donors (Lipinski definition) is 1. The summed E-state index contributed by atoms with van der Waals surface area (Å²) in [6.45, 7) is 9.00. The molecule has 1 fully saturated rings. The molecule has 0 spiro atoms. The second-order valence-corrected chi connectivity index (χ2v) is 5.78. The van der Waals surface area contributed by atoms with Gasteiger partial charge in [-0.2, -0.15) is 0 Å². The van der Waals surface area contributed by atoms with Crippen molar-refractivity contribution in [3.8, 4) is 0 Å². The van der Waals surface area contributed by atoms with Crippen LogP contribution < -0.4 is 0 Å². The maximum Gasteiger partial charge on any atom is 0.0678 e. The molecule has 0 bridgehead atoms. The van der Waals surface area contributed by atoms with E-state index in [0.717, 1.165) is 12.8 Å². The Morgan fingerprint density at radius 1 is 1.20 bits per heavy atom. The lowest BCUT2D eigenvalue weighted by molar-refractivity contribution is -0.0743. The minimum atomic E-state index is -0.367. The van der Waals surface area contributed by atoms with Gasteiger partial charge < -0.3 is 5.11 Å². The summed E-state index contributed by atoms with van der Waals surface area (Å²) in [4.78, 5) is 0. The van der Waals surface area contributed by atoms with Gasteiger partial charge in [-0.15, -0.1) is 0 Å². The van der Waals surface area contributed by atoms with Crippen molar-refractivity contribution in [2.45, 2.75) is 71.8 Å². The molecule has 1 N–H and O–H groups in total. The van der Waals surface area contributed by atoms with Crippen molar-refractivity contribution in [1.82, 2.24) is 0 Å². The van der Waals surface area contributed by atoms with E-state index in [1.54, 1.807) is 0 Å². The largest absolute Gasteiger partial charge is 0.390 e. The van der Waals surface area contributed by atoms with Gasteiger partial charge in [-0.05, 0) is 37.0 Å². The van der Waals surface area contributed by atoms with Crippen molar-refractivity contribution in [3.05, 3.63) is 0 Å². The third-order valence-corrected chi connectivity index (χ3v) is 4.51.